The Morgan fingerprint density at radius 2 is 1.18 bits per heavy atom. The smallest absolute Gasteiger partial charge is 0.269 e. The van der Waals surface area contributed by atoms with Gasteiger partial charge in [0.25, 0.3) is 11.8 Å². The van der Waals surface area contributed by atoms with E-state index in [9.17, 15) is 20.0 Å². The van der Waals surface area contributed by atoms with E-state index in [4.69, 9.17) is 0 Å². The van der Waals surface area contributed by atoms with Gasteiger partial charge in [0.2, 0.25) is 0 Å². The largest absolute Gasteiger partial charge is 0.410 e. The number of nitrogens with zero attached hydrogens (tertiary/aromatic N) is 2. The molecule has 2 aromatic heterocycles. The third kappa shape index (κ3) is 7.83. The summed E-state index contributed by atoms with van der Waals surface area (Å²) in [5, 5.41) is 32.6. The van der Waals surface area contributed by atoms with E-state index < -0.39 is 11.8 Å². The minimum absolute atomic E-state index is 0.0304. The van der Waals surface area contributed by atoms with Gasteiger partial charge in [0.15, 0.2) is 0 Å². The Kier molecular flexibility index (Phi) is 11.0. The van der Waals surface area contributed by atoms with E-state index in [1.165, 1.54) is 0 Å². The molecule has 40 heavy (non-hydrogen) atoms. The van der Waals surface area contributed by atoms with Gasteiger partial charge in [-0.15, -0.1) is 0 Å². The van der Waals surface area contributed by atoms with Gasteiger partial charge in [-0.25, -0.2) is 0 Å². The number of hydrogen-bond acceptors (Lipinski definition) is 8. The van der Waals surface area contributed by atoms with Crippen LogP contribution in [0.5, 0.6) is 0 Å². The summed E-state index contributed by atoms with van der Waals surface area (Å²) in [5.74, 6) is 0.400. The number of amides is 2. The van der Waals surface area contributed by atoms with E-state index in [0.29, 0.717) is 24.6 Å². The van der Waals surface area contributed by atoms with Crippen molar-refractivity contribution in [3.63, 3.8) is 0 Å². The molecule has 0 bridgehead atoms. The Hall–Kier alpha value is -2.94. The molecule has 2 heterocycles. The zero-order chi connectivity index (χ0) is 28.5. The molecular weight excluding hydrogens is 684 g/mol. The van der Waals surface area contributed by atoms with Crippen LogP contribution in [0.15, 0.2) is 68.0 Å². The van der Waals surface area contributed by atoms with Crippen molar-refractivity contribution in [2.75, 3.05) is 24.6 Å². The monoisotopic (exact) mass is 708 g/mol. The average Bonchev–Trinajstić information content (AvgIpc) is 3.54. The molecule has 0 fully saturated rings. The van der Waals surface area contributed by atoms with E-state index in [2.05, 4.69) is 62.8 Å². The van der Waals surface area contributed by atoms with Gasteiger partial charge < -0.3 is 31.0 Å². The van der Waals surface area contributed by atoms with Crippen LogP contribution >= 0.6 is 53.4 Å². The Bertz CT molecular complexity index is 1450. The van der Waals surface area contributed by atoms with Crippen LogP contribution in [-0.4, -0.2) is 68.2 Å². The molecule has 0 aliphatic heterocycles. The second-order valence-corrected chi connectivity index (χ2v) is 13.1. The maximum atomic E-state index is 12.5. The molecule has 4 aromatic rings. The highest BCUT2D eigenvalue weighted by Crippen LogP contribution is 2.25. The lowest BCUT2D eigenvalue weighted by molar-refractivity contribution is -0.115. The highest BCUT2D eigenvalue weighted by atomic mass is 79.9. The zero-order valence-corrected chi connectivity index (χ0v) is 25.8. The molecule has 6 N–H and O–H groups in total. The lowest BCUT2D eigenvalue weighted by Crippen LogP contribution is -2.34. The Morgan fingerprint density at radius 1 is 0.750 bits per heavy atom. The fourth-order valence-corrected chi connectivity index (χ4v) is 6.55. The number of halogens is 2. The van der Waals surface area contributed by atoms with E-state index >= 15 is 0 Å². The first-order valence-electron chi connectivity index (χ1n) is 12.1. The molecule has 0 atom stereocenters. The van der Waals surface area contributed by atoms with Crippen molar-refractivity contribution in [1.82, 2.24) is 20.6 Å². The summed E-state index contributed by atoms with van der Waals surface area (Å²) in [6, 6.07) is 11.6. The van der Waals surface area contributed by atoms with Gasteiger partial charge in [0, 0.05) is 80.6 Å². The van der Waals surface area contributed by atoms with Gasteiger partial charge in [0.05, 0.1) is 0 Å². The second-order valence-electron chi connectivity index (χ2n) is 8.61. The molecule has 0 aliphatic carbocycles. The summed E-state index contributed by atoms with van der Waals surface area (Å²) >= 11 is 6.90. The second kappa shape index (κ2) is 14.6. The van der Waals surface area contributed by atoms with Gasteiger partial charge in [-0.3, -0.25) is 9.59 Å². The number of oxime groups is 2. The van der Waals surface area contributed by atoms with Crippen molar-refractivity contribution in [2.45, 2.75) is 12.8 Å². The van der Waals surface area contributed by atoms with Gasteiger partial charge in [0.1, 0.15) is 11.4 Å². The molecule has 0 aliphatic rings. The minimum atomic E-state index is -0.428. The van der Waals surface area contributed by atoms with E-state index in [1.807, 2.05) is 36.4 Å². The van der Waals surface area contributed by atoms with Gasteiger partial charge >= 0.3 is 0 Å². The van der Waals surface area contributed by atoms with Crippen LogP contribution < -0.4 is 10.6 Å². The number of carbonyl (C=O) groups excluding carboxylic acids is 2. The topological polar surface area (TPSA) is 155 Å². The van der Waals surface area contributed by atoms with Crippen LogP contribution in [0.2, 0.25) is 0 Å². The van der Waals surface area contributed by atoms with E-state index in [1.54, 1.807) is 34.0 Å². The van der Waals surface area contributed by atoms with Crippen LogP contribution in [0, 0.1) is 0 Å². The lowest BCUT2D eigenvalue weighted by atomic mass is 10.1. The third-order valence-electron chi connectivity index (χ3n) is 5.97. The highest BCUT2D eigenvalue weighted by Gasteiger charge is 2.17. The summed E-state index contributed by atoms with van der Waals surface area (Å²) in [6.45, 7) is 0.784. The molecular formula is C26H26Br2N6O4S2. The number of aromatic nitrogens is 2. The molecule has 0 saturated heterocycles. The fraction of sp³-hybridized carbons (Fsp3) is 0.231. The molecule has 0 spiro atoms. The van der Waals surface area contributed by atoms with Gasteiger partial charge in [-0.05, 0) is 47.5 Å². The Morgan fingerprint density at radius 3 is 1.57 bits per heavy atom. The molecule has 0 unspecified atom stereocenters. The normalized spacial score (nSPS) is 12.2. The number of fused-ring (bicyclic) bond motifs is 2. The number of H-pyrrole nitrogens is 2. The van der Waals surface area contributed by atoms with Crippen LogP contribution in [0.1, 0.15) is 11.1 Å². The van der Waals surface area contributed by atoms with Crippen molar-refractivity contribution in [1.29, 1.82) is 0 Å². The maximum absolute atomic E-state index is 12.5. The van der Waals surface area contributed by atoms with Crippen LogP contribution in [0.3, 0.4) is 0 Å². The predicted molar refractivity (Wildman–Crippen MR) is 169 cm³/mol. The number of aromatic amines is 2. The number of carbonyl (C=O) groups is 2. The molecule has 2 aromatic carbocycles. The lowest BCUT2D eigenvalue weighted by Gasteiger charge is -2.08. The molecule has 10 nitrogen and oxygen atoms in total. The fourth-order valence-electron chi connectivity index (χ4n) is 4.01. The van der Waals surface area contributed by atoms with Crippen LogP contribution in [0.4, 0.5) is 0 Å². The molecule has 210 valence electrons. The quantitative estimate of drug-likeness (QED) is 0.0367. The van der Waals surface area contributed by atoms with Crippen LogP contribution in [-0.2, 0) is 22.4 Å². The number of hydrogen-bond donors (Lipinski definition) is 6. The minimum Gasteiger partial charge on any atom is -0.410 e. The summed E-state index contributed by atoms with van der Waals surface area (Å²) in [4.78, 5) is 31.3. The first-order chi connectivity index (χ1) is 19.4. The molecule has 0 saturated carbocycles. The van der Waals surface area contributed by atoms with Crippen LogP contribution in [0.25, 0.3) is 21.8 Å². The maximum Gasteiger partial charge on any atom is 0.269 e. The average molecular weight is 710 g/mol. The summed E-state index contributed by atoms with van der Waals surface area (Å²) in [6.07, 6.45) is 3.99. The predicted octanol–water partition coefficient (Wildman–Crippen LogP) is 5.23. The van der Waals surface area contributed by atoms with Gasteiger partial charge in [-0.1, -0.05) is 63.8 Å². The standard InChI is InChI=1S/C26H26Br2N6O4S2/c27-17-1-3-21-19(11-17)15(13-31-21)9-23(33-37)25(35)29-5-7-39-40-8-6-30-26(36)24(34-38)10-16-14-32-22-4-2-18(28)12-20(16)22/h1-4,11-14,31-32,37-38H,5-10H2,(H,29,35)(H,30,36)/b33-23+,34-24+. The van der Waals surface area contributed by atoms with Crippen molar-refractivity contribution in [3.05, 3.63) is 68.9 Å². The SMILES string of the molecule is O=C(NCCSSCCNC(=O)/C(Cc1c[nH]c2ccc(Br)cc12)=N/O)/C(Cc1c[nH]c2ccc(Br)cc12)=N/O. The van der Waals surface area contributed by atoms with Crippen molar-refractivity contribution in [2.24, 2.45) is 10.3 Å². The van der Waals surface area contributed by atoms with Crippen molar-refractivity contribution < 1.29 is 20.0 Å². The van der Waals surface area contributed by atoms with E-state index in [0.717, 1.165) is 41.9 Å². The first kappa shape index (κ1) is 30.0. The Labute approximate surface area is 254 Å². The number of benzene rings is 2. The van der Waals surface area contributed by atoms with Gasteiger partial charge in [-0.2, -0.15) is 0 Å². The zero-order valence-electron chi connectivity index (χ0n) is 21.0. The summed E-state index contributed by atoms with van der Waals surface area (Å²) in [7, 11) is 3.09. The molecule has 4 rings (SSSR count). The van der Waals surface area contributed by atoms with Crippen molar-refractivity contribution >= 4 is 98.5 Å². The Balaban J connectivity index is 1.12. The third-order valence-corrected chi connectivity index (χ3v) is 9.36. The summed E-state index contributed by atoms with van der Waals surface area (Å²) in [5.41, 5.74) is 3.64. The summed E-state index contributed by atoms with van der Waals surface area (Å²) < 4.78 is 1.84. The molecule has 0 radical (unpaired) electrons. The first-order valence-corrected chi connectivity index (χ1v) is 16.2. The van der Waals surface area contributed by atoms with Crippen molar-refractivity contribution in [3.8, 4) is 0 Å². The highest BCUT2D eigenvalue weighted by molar-refractivity contribution is 9.10. The number of rotatable bonds is 13. The molecule has 2 amide bonds. The number of nitrogens with one attached hydrogen (secondary N) is 4. The molecule has 14 heteroatoms. The van der Waals surface area contributed by atoms with E-state index in [-0.39, 0.29) is 24.3 Å².